The highest BCUT2D eigenvalue weighted by Crippen LogP contribution is 2.11. The molecular formula is C17H39N2O7S+. The molecular weight excluding hydrogens is 376 g/mol. The highest BCUT2D eigenvalue weighted by Gasteiger charge is 2.22. The van der Waals surface area contributed by atoms with Crippen molar-refractivity contribution >= 4 is 10.4 Å². The molecule has 0 aliphatic heterocycles. The molecule has 2 atom stereocenters. The summed E-state index contributed by atoms with van der Waals surface area (Å²) < 4.78 is 42.3. The topological polar surface area (TPSA) is 116 Å². The molecule has 0 radical (unpaired) electrons. The van der Waals surface area contributed by atoms with E-state index in [0.717, 1.165) is 56.3 Å². The molecule has 0 fully saturated rings. The number of rotatable bonds is 18. The van der Waals surface area contributed by atoms with Crippen LogP contribution >= 0.6 is 0 Å². The molecule has 0 rings (SSSR count). The van der Waals surface area contributed by atoms with Gasteiger partial charge in [-0.1, -0.05) is 0 Å². The van der Waals surface area contributed by atoms with E-state index in [1.165, 1.54) is 0 Å². The summed E-state index contributed by atoms with van der Waals surface area (Å²) in [5.41, 5.74) is 0. The number of ether oxygens (including phenoxy) is 1. The van der Waals surface area contributed by atoms with Gasteiger partial charge in [0.2, 0.25) is 10.4 Å². The minimum Gasteiger partial charge on any atom is -0.726 e. The zero-order chi connectivity index (χ0) is 20.8. The molecule has 0 saturated heterocycles. The first-order chi connectivity index (χ1) is 12.6. The Kier molecular flexibility index (Phi) is 13.6. The van der Waals surface area contributed by atoms with Crippen LogP contribution in [0.2, 0.25) is 0 Å². The third-order valence-corrected chi connectivity index (χ3v) is 5.57. The highest BCUT2D eigenvalue weighted by atomic mass is 32.3. The molecule has 0 aromatic rings. The van der Waals surface area contributed by atoms with E-state index in [-0.39, 0.29) is 19.8 Å². The minimum absolute atomic E-state index is 0.00286. The van der Waals surface area contributed by atoms with Crippen molar-refractivity contribution in [2.45, 2.75) is 25.7 Å². The fourth-order valence-corrected chi connectivity index (χ4v) is 3.44. The quantitative estimate of drug-likeness (QED) is 0.135. The number of unbranched alkanes of at least 4 members (excludes halogenated alkanes) is 3. The second kappa shape index (κ2) is 13.8. The third-order valence-electron chi connectivity index (χ3n) is 5.12. The summed E-state index contributed by atoms with van der Waals surface area (Å²) in [4.78, 5) is 0. The lowest BCUT2D eigenvalue weighted by atomic mass is 10.1. The fraction of sp³-hybridized carbons (Fsp3) is 1.00. The summed E-state index contributed by atoms with van der Waals surface area (Å²) >= 11 is 0. The largest absolute Gasteiger partial charge is 0.726 e. The van der Waals surface area contributed by atoms with Gasteiger partial charge < -0.3 is 28.5 Å². The van der Waals surface area contributed by atoms with Gasteiger partial charge in [-0.2, -0.15) is 0 Å². The van der Waals surface area contributed by atoms with E-state index in [0.29, 0.717) is 24.2 Å². The highest BCUT2D eigenvalue weighted by molar-refractivity contribution is 7.80. The molecule has 0 heterocycles. The monoisotopic (exact) mass is 415 g/mol. The Hall–Kier alpha value is -0.330. The molecule has 0 amide bonds. The number of quaternary nitrogens is 2. The zero-order valence-corrected chi connectivity index (χ0v) is 18.0. The maximum absolute atomic E-state index is 10.5. The van der Waals surface area contributed by atoms with Crippen LogP contribution in [0.15, 0.2) is 0 Å². The summed E-state index contributed by atoms with van der Waals surface area (Å²) in [7, 11) is 1.07. The molecule has 0 saturated carbocycles. The van der Waals surface area contributed by atoms with Crippen LogP contribution in [0.4, 0.5) is 0 Å². The summed E-state index contributed by atoms with van der Waals surface area (Å²) in [6.45, 7) is 4.90. The fourth-order valence-electron chi connectivity index (χ4n) is 3.17. The molecule has 0 bridgehead atoms. The first-order valence-electron chi connectivity index (χ1n) is 9.58. The Bertz CT molecular complexity index is 478. The van der Waals surface area contributed by atoms with Gasteiger partial charge in [-0.15, -0.1) is 0 Å². The van der Waals surface area contributed by atoms with E-state index >= 15 is 0 Å². The van der Waals surface area contributed by atoms with Crippen LogP contribution in [0.5, 0.6) is 0 Å². The average molecular weight is 416 g/mol. The Balaban J connectivity index is 4.18. The number of likely N-dealkylation sites (N-methyl/N-ethyl adjacent to an activating group) is 2. The maximum Gasteiger partial charge on any atom is 0.217 e. The Morgan fingerprint density at radius 3 is 1.59 bits per heavy atom. The number of methoxy groups -OCH3 is 1. The van der Waals surface area contributed by atoms with Gasteiger partial charge in [0.25, 0.3) is 0 Å². The van der Waals surface area contributed by atoms with Crippen molar-refractivity contribution in [2.75, 3.05) is 86.9 Å². The Labute approximate surface area is 164 Å². The van der Waals surface area contributed by atoms with Gasteiger partial charge in [-0.25, -0.2) is 8.42 Å². The Morgan fingerprint density at radius 2 is 1.22 bits per heavy atom. The van der Waals surface area contributed by atoms with Crippen LogP contribution in [-0.2, 0) is 19.3 Å². The molecule has 0 aliphatic carbocycles. The van der Waals surface area contributed by atoms with Crippen molar-refractivity contribution in [3.05, 3.63) is 0 Å². The summed E-state index contributed by atoms with van der Waals surface area (Å²) in [5.74, 6) is 0. The van der Waals surface area contributed by atoms with Crippen LogP contribution in [0.3, 0.4) is 0 Å². The first kappa shape index (κ1) is 26.7. The number of hydrogen-bond acceptors (Lipinski definition) is 7. The van der Waals surface area contributed by atoms with Crippen LogP contribution in [0.25, 0.3) is 0 Å². The van der Waals surface area contributed by atoms with Gasteiger partial charge in [0.05, 0.1) is 47.0 Å². The van der Waals surface area contributed by atoms with Crippen molar-refractivity contribution in [1.82, 2.24) is 0 Å². The van der Waals surface area contributed by atoms with E-state index in [1.807, 2.05) is 7.05 Å². The molecule has 0 aliphatic rings. The molecule has 2 N–H and O–H groups in total. The van der Waals surface area contributed by atoms with Crippen molar-refractivity contribution in [3.8, 4) is 0 Å². The SMILES string of the molecule is COCC[N+](C)(CCO)CCCCCC[N+](C)(CCO)CCOS(=O)(=O)[O-]. The maximum atomic E-state index is 10.5. The van der Waals surface area contributed by atoms with Crippen molar-refractivity contribution in [1.29, 1.82) is 0 Å². The van der Waals surface area contributed by atoms with Crippen LogP contribution in [0, 0.1) is 0 Å². The number of aliphatic hydroxyl groups is 2. The molecule has 164 valence electrons. The van der Waals surface area contributed by atoms with Gasteiger partial charge in [0, 0.05) is 7.11 Å². The minimum atomic E-state index is -4.67. The second-order valence-corrected chi connectivity index (χ2v) is 8.72. The van der Waals surface area contributed by atoms with Crippen molar-refractivity contribution in [2.24, 2.45) is 0 Å². The lowest BCUT2D eigenvalue weighted by Crippen LogP contribution is -2.49. The molecule has 0 spiro atoms. The third kappa shape index (κ3) is 14.3. The Morgan fingerprint density at radius 1 is 0.778 bits per heavy atom. The zero-order valence-electron chi connectivity index (χ0n) is 17.1. The van der Waals surface area contributed by atoms with Gasteiger partial charge >= 0.3 is 0 Å². The predicted molar refractivity (Wildman–Crippen MR) is 102 cm³/mol. The smallest absolute Gasteiger partial charge is 0.217 e. The van der Waals surface area contributed by atoms with E-state index in [2.05, 4.69) is 11.2 Å². The number of nitrogens with zero attached hydrogens (tertiary/aromatic N) is 2. The molecule has 9 nitrogen and oxygen atoms in total. The molecule has 2 unspecified atom stereocenters. The second-order valence-electron chi connectivity index (χ2n) is 7.67. The molecule has 0 aromatic heterocycles. The van der Waals surface area contributed by atoms with Crippen LogP contribution in [0.1, 0.15) is 25.7 Å². The summed E-state index contributed by atoms with van der Waals surface area (Å²) in [5, 5.41) is 18.5. The predicted octanol–water partition coefficient (Wildman–Crippen LogP) is -0.452. The van der Waals surface area contributed by atoms with Crippen molar-refractivity contribution in [3.63, 3.8) is 0 Å². The van der Waals surface area contributed by atoms with Gasteiger partial charge in [0.1, 0.15) is 32.8 Å². The average Bonchev–Trinajstić information content (AvgIpc) is 2.55. The molecule has 10 heteroatoms. The van der Waals surface area contributed by atoms with Crippen molar-refractivity contribution < 1.29 is 41.1 Å². The summed E-state index contributed by atoms with van der Waals surface area (Å²) in [6, 6.07) is 0. The lowest BCUT2D eigenvalue weighted by Gasteiger charge is -2.34. The van der Waals surface area contributed by atoms with E-state index < -0.39 is 10.4 Å². The van der Waals surface area contributed by atoms with Gasteiger partial charge in [0.15, 0.2) is 0 Å². The van der Waals surface area contributed by atoms with E-state index in [1.54, 1.807) is 7.11 Å². The van der Waals surface area contributed by atoms with Gasteiger partial charge in [-0.05, 0) is 25.7 Å². The standard InChI is InChI=1S/C17H39N2O7S/c1-18(10-14-20,12-16-25-3)8-6-4-5-7-9-19(2,11-15-21)13-17-26-27(22,23)24/h20-21H,4-17H2,1-3H3/q+1. The van der Waals surface area contributed by atoms with Crippen LogP contribution in [-0.4, -0.2) is 119 Å². The normalized spacial score (nSPS) is 16.8. The summed E-state index contributed by atoms with van der Waals surface area (Å²) in [6.07, 6.45) is 4.10. The number of aliphatic hydroxyl groups excluding tert-OH is 2. The van der Waals surface area contributed by atoms with E-state index in [9.17, 15) is 23.2 Å². The van der Waals surface area contributed by atoms with E-state index in [4.69, 9.17) is 4.74 Å². The lowest BCUT2D eigenvalue weighted by molar-refractivity contribution is -0.910. The van der Waals surface area contributed by atoms with Gasteiger partial charge in [-0.3, -0.25) is 4.18 Å². The van der Waals surface area contributed by atoms with Crippen LogP contribution < -0.4 is 0 Å². The number of hydrogen-bond donors (Lipinski definition) is 2. The first-order valence-corrected chi connectivity index (χ1v) is 10.9. The molecule has 27 heavy (non-hydrogen) atoms. The molecule has 0 aromatic carbocycles.